The summed E-state index contributed by atoms with van der Waals surface area (Å²) < 4.78 is 0. The van der Waals surface area contributed by atoms with Gasteiger partial charge >= 0.3 is 0 Å². The normalized spacial score (nSPS) is 15.6. The molecule has 0 bridgehead atoms. The molecule has 0 amide bonds. The lowest BCUT2D eigenvalue weighted by Gasteiger charge is -2.13. The molecule has 0 atom stereocenters. The molecule has 3 nitrogen and oxygen atoms in total. The fourth-order valence-corrected chi connectivity index (χ4v) is 2.30. The van der Waals surface area contributed by atoms with E-state index in [0.29, 0.717) is 11.1 Å². The molecular formula is C14H11NO2. The van der Waals surface area contributed by atoms with Gasteiger partial charge in [-0.05, 0) is 25.5 Å². The van der Waals surface area contributed by atoms with Gasteiger partial charge in [-0.15, -0.1) is 0 Å². The molecule has 1 aliphatic carbocycles. The Kier molecular flexibility index (Phi) is 1.87. The van der Waals surface area contributed by atoms with Gasteiger partial charge in [-0.3, -0.25) is 9.59 Å². The van der Waals surface area contributed by atoms with Crippen LogP contribution in [0.4, 0.5) is 0 Å². The van der Waals surface area contributed by atoms with Gasteiger partial charge in [0.1, 0.15) is 0 Å². The molecule has 3 heteroatoms. The van der Waals surface area contributed by atoms with Crippen LogP contribution in [0.2, 0.25) is 0 Å². The summed E-state index contributed by atoms with van der Waals surface area (Å²) in [5, 5.41) is 0.827. The van der Waals surface area contributed by atoms with Gasteiger partial charge in [0.15, 0.2) is 0 Å². The van der Waals surface area contributed by atoms with E-state index in [0.717, 1.165) is 22.2 Å². The Balaban J connectivity index is 2.48. The quantitative estimate of drug-likeness (QED) is 0.701. The molecule has 1 heterocycles. The highest BCUT2D eigenvalue weighted by Crippen LogP contribution is 2.33. The molecule has 0 fully saturated rings. The van der Waals surface area contributed by atoms with Crippen molar-refractivity contribution in [3.8, 4) is 0 Å². The average Bonchev–Trinajstić information content (AvgIpc) is 2.73. The summed E-state index contributed by atoms with van der Waals surface area (Å²) in [6.07, 6.45) is 0. The third kappa shape index (κ3) is 1.16. The summed E-state index contributed by atoms with van der Waals surface area (Å²) in [5.41, 5.74) is 3.60. The zero-order valence-electron chi connectivity index (χ0n) is 9.63. The average molecular weight is 225 g/mol. The number of ketones is 2. The Hall–Kier alpha value is -2.16. The van der Waals surface area contributed by atoms with Gasteiger partial charge in [-0.25, -0.2) is 0 Å². The Morgan fingerprint density at radius 1 is 0.941 bits per heavy atom. The number of fused-ring (bicyclic) bond motifs is 3. The lowest BCUT2D eigenvalue weighted by atomic mass is 9.88. The van der Waals surface area contributed by atoms with E-state index in [2.05, 4.69) is 4.98 Å². The van der Waals surface area contributed by atoms with Crippen LogP contribution >= 0.6 is 0 Å². The number of carbonyl (C=O) groups excluding carboxylic acids is 2. The zero-order valence-corrected chi connectivity index (χ0v) is 9.63. The molecule has 0 spiro atoms. The largest absolute Gasteiger partial charge is 0.354 e. The fraction of sp³-hybridized carbons (Fsp3) is 0.143. The second-order valence-electron chi connectivity index (χ2n) is 4.33. The van der Waals surface area contributed by atoms with Crippen LogP contribution in [0.15, 0.2) is 29.8 Å². The smallest absolute Gasteiger partial charge is 0.235 e. The van der Waals surface area contributed by atoms with Gasteiger partial charge in [-0.2, -0.15) is 0 Å². The van der Waals surface area contributed by atoms with Gasteiger partial charge < -0.3 is 4.98 Å². The minimum atomic E-state index is -0.402. The molecule has 1 aliphatic rings. The third-order valence-corrected chi connectivity index (χ3v) is 3.42. The van der Waals surface area contributed by atoms with Gasteiger partial charge in [0.25, 0.3) is 0 Å². The molecule has 84 valence electrons. The number of hydrogen-bond donors (Lipinski definition) is 1. The standard InChI is InChI=1S/C14H11NO2/c1-7-8(2)13(16)14(17)11-9-5-3-4-6-10(9)15-12(7)11/h3-6,15H,1-2H3. The van der Waals surface area contributed by atoms with E-state index in [1.165, 1.54) is 0 Å². The van der Waals surface area contributed by atoms with Gasteiger partial charge in [0, 0.05) is 16.5 Å². The molecule has 0 radical (unpaired) electrons. The summed E-state index contributed by atoms with van der Waals surface area (Å²) in [6, 6.07) is 7.55. The summed E-state index contributed by atoms with van der Waals surface area (Å²) in [5.74, 6) is -0.791. The molecule has 1 aromatic carbocycles. The summed E-state index contributed by atoms with van der Waals surface area (Å²) in [4.78, 5) is 27.1. The summed E-state index contributed by atoms with van der Waals surface area (Å²) >= 11 is 0. The van der Waals surface area contributed by atoms with Crippen LogP contribution in [-0.2, 0) is 4.79 Å². The van der Waals surface area contributed by atoms with Crippen LogP contribution in [0.5, 0.6) is 0 Å². The maximum Gasteiger partial charge on any atom is 0.235 e. The van der Waals surface area contributed by atoms with Gasteiger partial charge in [0.2, 0.25) is 11.6 Å². The van der Waals surface area contributed by atoms with Crippen molar-refractivity contribution in [3.63, 3.8) is 0 Å². The molecule has 3 rings (SSSR count). The first-order valence-corrected chi connectivity index (χ1v) is 5.49. The number of rotatable bonds is 0. The molecule has 17 heavy (non-hydrogen) atoms. The summed E-state index contributed by atoms with van der Waals surface area (Å²) in [7, 11) is 0. The van der Waals surface area contributed by atoms with E-state index >= 15 is 0 Å². The van der Waals surface area contributed by atoms with Crippen molar-refractivity contribution in [2.24, 2.45) is 0 Å². The van der Waals surface area contributed by atoms with Crippen molar-refractivity contribution in [1.29, 1.82) is 0 Å². The number of para-hydroxylation sites is 1. The van der Waals surface area contributed by atoms with E-state index in [1.54, 1.807) is 6.92 Å². The SMILES string of the molecule is CC1=C(C)c2[nH]c3ccccc3c2C(=O)C1=O. The van der Waals surface area contributed by atoms with Crippen molar-refractivity contribution < 1.29 is 9.59 Å². The highest BCUT2D eigenvalue weighted by atomic mass is 16.2. The number of H-pyrrole nitrogens is 1. The zero-order chi connectivity index (χ0) is 12.2. The predicted octanol–water partition coefficient (Wildman–Crippen LogP) is 2.73. The second kappa shape index (κ2) is 3.17. The first kappa shape index (κ1) is 10.0. The minimum Gasteiger partial charge on any atom is -0.354 e. The second-order valence-corrected chi connectivity index (χ2v) is 4.33. The minimum absolute atomic E-state index is 0.389. The van der Waals surface area contributed by atoms with E-state index in [1.807, 2.05) is 31.2 Å². The van der Waals surface area contributed by atoms with Crippen molar-refractivity contribution in [1.82, 2.24) is 4.98 Å². The van der Waals surface area contributed by atoms with Crippen LogP contribution in [0.3, 0.4) is 0 Å². The first-order chi connectivity index (χ1) is 8.11. The van der Waals surface area contributed by atoms with Crippen LogP contribution in [-0.4, -0.2) is 16.6 Å². The highest BCUT2D eigenvalue weighted by molar-refractivity contribution is 6.53. The number of aromatic amines is 1. The maximum atomic E-state index is 12.0. The van der Waals surface area contributed by atoms with Gasteiger partial charge in [0.05, 0.1) is 11.3 Å². The Bertz CT molecular complexity index is 704. The first-order valence-electron chi connectivity index (χ1n) is 5.49. The summed E-state index contributed by atoms with van der Waals surface area (Å²) in [6.45, 7) is 3.57. The molecule has 0 saturated carbocycles. The van der Waals surface area contributed by atoms with Crippen molar-refractivity contribution in [2.75, 3.05) is 0 Å². The number of allylic oxidation sites excluding steroid dienone is 2. The monoisotopic (exact) mass is 225 g/mol. The van der Waals surface area contributed by atoms with E-state index in [4.69, 9.17) is 0 Å². The van der Waals surface area contributed by atoms with Crippen molar-refractivity contribution in [3.05, 3.63) is 41.1 Å². The molecule has 1 aromatic heterocycles. The van der Waals surface area contributed by atoms with Crippen molar-refractivity contribution in [2.45, 2.75) is 13.8 Å². The third-order valence-electron chi connectivity index (χ3n) is 3.42. The van der Waals surface area contributed by atoms with Crippen LogP contribution in [0.1, 0.15) is 29.9 Å². The molecule has 0 saturated heterocycles. The van der Waals surface area contributed by atoms with Crippen LogP contribution in [0.25, 0.3) is 16.5 Å². The lowest BCUT2D eigenvalue weighted by molar-refractivity contribution is -0.111. The molecule has 1 N–H and O–H groups in total. The molecule has 2 aromatic rings. The maximum absolute atomic E-state index is 12.0. The Morgan fingerprint density at radius 3 is 2.41 bits per heavy atom. The highest BCUT2D eigenvalue weighted by Gasteiger charge is 2.31. The van der Waals surface area contributed by atoms with Crippen LogP contribution < -0.4 is 0 Å². The van der Waals surface area contributed by atoms with Crippen LogP contribution in [0, 0.1) is 0 Å². The van der Waals surface area contributed by atoms with E-state index < -0.39 is 5.78 Å². The van der Waals surface area contributed by atoms with Crippen molar-refractivity contribution >= 4 is 28.0 Å². The molecular weight excluding hydrogens is 214 g/mol. The van der Waals surface area contributed by atoms with E-state index in [9.17, 15) is 9.59 Å². The van der Waals surface area contributed by atoms with Gasteiger partial charge in [-0.1, -0.05) is 18.2 Å². The number of aromatic nitrogens is 1. The fourth-order valence-electron chi connectivity index (χ4n) is 2.30. The Morgan fingerprint density at radius 2 is 1.65 bits per heavy atom. The number of nitrogens with one attached hydrogen (secondary N) is 1. The number of carbonyl (C=O) groups is 2. The number of benzene rings is 1. The molecule has 0 aliphatic heterocycles. The van der Waals surface area contributed by atoms with E-state index in [-0.39, 0.29) is 5.78 Å². The Labute approximate surface area is 98.1 Å². The lowest BCUT2D eigenvalue weighted by Crippen LogP contribution is -2.21. The topological polar surface area (TPSA) is 49.9 Å². The molecule has 0 unspecified atom stereocenters. The predicted molar refractivity (Wildman–Crippen MR) is 65.9 cm³/mol. The number of Topliss-reactive ketones (excluding diaryl/α,β-unsaturated/α-hetero) is 2. The number of hydrogen-bond acceptors (Lipinski definition) is 2.